The molecular weight excluding hydrogens is 343 g/mol. The molecule has 0 saturated heterocycles. The second kappa shape index (κ2) is 6.82. The molecule has 1 aliphatic rings. The van der Waals surface area contributed by atoms with Crippen molar-refractivity contribution < 1.29 is 9.13 Å². The van der Waals surface area contributed by atoms with Gasteiger partial charge in [0.15, 0.2) is 0 Å². The Kier molecular flexibility index (Phi) is 4.48. The first-order valence-corrected chi connectivity index (χ1v) is 9.29. The van der Waals surface area contributed by atoms with Gasteiger partial charge in [0.05, 0.1) is 6.10 Å². The standard InChI is InChI=1S/C22H23FN2O2/c1-14-12-17-15(8-11-25-21(17)26)13-20(14)27-16-6-9-22(24,10-7-16)18-4-2-3-5-19(18)23/h2-5,8,11-13,16H,6-7,9-10,24H2,1H3,(H,25,26)/t16-,22+. The van der Waals surface area contributed by atoms with Gasteiger partial charge in [-0.2, -0.15) is 0 Å². The van der Waals surface area contributed by atoms with Crippen LogP contribution in [0.1, 0.15) is 36.8 Å². The highest BCUT2D eigenvalue weighted by molar-refractivity contribution is 5.83. The van der Waals surface area contributed by atoms with Crippen LogP contribution in [0.25, 0.3) is 10.8 Å². The number of nitrogens with two attached hydrogens (primary N) is 1. The summed E-state index contributed by atoms with van der Waals surface area (Å²) in [5, 5.41) is 1.52. The van der Waals surface area contributed by atoms with E-state index in [0.29, 0.717) is 23.8 Å². The van der Waals surface area contributed by atoms with Crippen LogP contribution in [0.4, 0.5) is 4.39 Å². The number of aryl methyl sites for hydroxylation is 1. The summed E-state index contributed by atoms with van der Waals surface area (Å²) < 4.78 is 20.4. The molecule has 2 aromatic carbocycles. The summed E-state index contributed by atoms with van der Waals surface area (Å²) in [5.74, 6) is 0.545. The van der Waals surface area contributed by atoms with E-state index in [4.69, 9.17) is 10.5 Å². The van der Waals surface area contributed by atoms with Gasteiger partial charge in [-0.05, 0) is 67.8 Å². The summed E-state index contributed by atoms with van der Waals surface area (Å²) in [6, 6.07) is 12.4. The predicted molar refractivity (Wildman–Crippen MR) is 104 cm³/mol. The summed E-state index contributed by atoms with van der Waals surface area (Å²) in [4.78, 5) is 14.6. The maximum Gasteiger partial charge on any atom is 0.255 e. The average molecular weight is 366 g/mol. The van der Waals surface area contributed by atoms with Gasteiger partial charge in [0, 0.05) is 22.7 Å². The number of H-pyrrole nitrogens is 1. The minimum absolute atomic E-state index is 0.0339. The molecule has 1 heterocycles. The van der Waals surface area contributed by atoms with Gasteiger partial charge >= 0.3 is 0 Å². The Morgan fingerprint density at radius 3 is 2.67 bits per heavy atom. The van der Waals surface area contributed by atoms with Crippen molar-refractivity contribution >= 4 is 10.8 Å². The lowest BCUT2D eigenvalue weighted by atomic mass is 9.76. The minimum atomic E-state index is -0.642. The van der Waals surface area contributed by atoms with Gasteiger partial charge in [0.1, 0.15) is 11.6 Å². The van der Waals surface area contributed by atoms with Crippen LogP contribution in [0, 0.1) is 12.7 Å². The van der Waals surface area contributed by atoms with E-state index >= 15 is 0 Å². The number of hydrogen-bond acceptors (Lipinski definition) is 3. The fourth-order valence-electron chi connectivity index (χ4n) is 3.99. The Balaban J connectivity index is 1.51. The number of rotatable bonds is 3. The van der Waals surface area contributed by atoms with E-state index in [2.05, 4.69) is 4.98 Å². The zero-order valence-electron chi connectivity index (χ0n) is 15.3. The van der Waals surface area contributed by atoms with Crippen LogP contribution in [-0.4, -0.2) is 11.1 Å². The third kappa shape index (κ3) is 3.35. The lowest BCUT2D eigenvalue weighted by Gasteiger charge is -2.38. The monoisotopic (exact) mass is 366 g/mol. The van der Waals surface area contributed by atoms with Crippen LogP contribution in [-0.2, 0) is 5.54 Å². The van der Waals surface area contributed by atoms with Crippen molar-refractivity contribution in [2.45, 2.75) is 44.2 Å². The van der Waals surface area contributed by atoms with E-state index in [-0.39, 0.29) is 17.5 Å². The summed E-state index contributed by atoms with van der Waals surface area (Å²) >= 11 is 0. The number of halogens is 1. The van der Waals surface area contributed by atoms with Crippen LogP contribution in [0.5, 0.6) is 5.75 Å². The fraction of sp³-hybridized carbons (Fsp3) is 0.318. The third-order valence-electron chi connectivity index (χ3n) is 5.60. The molecule has 0 radical (unpaired) electrons. The molecule has 1 aromatic heterocycles. The van der Waals surface area contributed by atoms with Crippen molar-refractivity contribution in [3.63, 3.8) is 0 Å². The number of aromatic amines is 1. The number of fused-ring (bicyclic) bond motifs is 1. The highest BCUT2D eigenvalue weighted by Gasteiger charge is 2.35. The van der Waals surface area contributed by atoms with Gasteiger partial charge < -0.3 is 15.5 Å². The van der Waals surface area contributed by atoms with Crippen LogP contribution < -0.4 is 16.0 Å². The molecule has 0 bridgehead atoms. The molecule has 0 atom stereocenters. The van der Waals surface area contributed by atoms with Crippen LogP contribution in [0.15, 0.2) is 53.5 Å². The highest BCUT2D eigenvalue weighted by Crippen LogP contribution is 2.38. The molecule has 4 rings (SSSR count). The van der Waals surface area contributed by atoms with E-state index in [1.54, 1.807) is 18.3 Å². The maximum absolute atomic E-state index is 14.2. The van der Waals surface area contributed by atoms with Crippen molar-refractivity contribution in [1.29, 1.82) is 0 Å². The molecule has 0 spiro atoms. The summed E-state index contributed by atoms with van der Waals surface area (Å²) in [5.41, 5.74) is 7.30. The second-order valence-corrected chi connectivity index (χ2v) is 7.46. The molecule has 1 aliphatic carbocycles. The zero-order chi connectivity index (χ0) is 19.0. The molecule has 0 unspecified atom stereocenters. The molecule has 27 heavy (non-hydrogen) atoms. The number of ether oxygens (including phenoxy) is 1. The minimum Gasteiger partial charge on any atom is -0.490 e. The van der Waals surface area contributed by atoms with Gasteiger partial charge in [-0.3, -0.25) is 4.79 Å². The highest BCUT2D eigenvalue weighted by atomic mass is 19.1. The number of benzene rings is 2. The van der Waals surface area contributed by atoms with Gasteiger partial charge in [-0.15, -0.1) is 0 Å². The molecule has 0 aliphatic heterocycles. The van der Waals surface area contributed by atoms with Crippen LogP contribution in [0.2, 0.25) is 0 Å². The first-order valence-electron chi connectivity index (χ1n) is 9.29. The number of aromatic nitrogens is 1. The number of nitrogens with one attached hydrogen (secondary N) is 1. The summed E-state index contributed by atoms with van der Waals surface area (Å²) in [7, 11) is 0. The zero-order valence-corrected chi connectivity index (χ0v) is 15.3. The molecule has 1 saturated carbocycles. The SMILES string of the molecule is Cc1cc2c(=O)[nH]ccc2cc1O[C@H]1CC[C@](N)(c2ccccc2F)CC1. The molecular formula is C22H23FN2O2. The Morgan fingerprint density at radius 1 is 1.19 bits per heavy atom. The Bertz CT molecular complexity index is 1040. The van der Waals surface area contributed by atoms with E-state index in [9.17, 15) is 9.18 Å². The quantitative estimate of drug-likeness (QED) is 0.732. The normalized spacial score (nSPS) is 22.7. The molecule has 140 valence electrons. The van der Waals surface area contributed by atoms with E-state index in [1.807, 2.05) is 31.2 Å². The van der Waals surface area contributed by atoms with Crippen molar-refractivity contribution in [1.82, 2.24) is 4.98 Å². The molecule has 4 nitrogen and oxygen atoms in total. The van der Waals surface area contributed by atoms with E-state index < -0.39 is 5.54 Å². The van der Waals surface area contributed by atoms with Crippen molar-refractivity contribution in [2.24, 2.45) is 5.73 Å². The lowest BCUT2D eigenvalue weighted by Crippen LogP contribution is -2.43. The number of pyridine rings is 1. The lowest BCUT2D eigenvalue weighted by molar-refractivity contribution is 0.116. The average Bonchev–Trinajstić information content (AvgIpc) is 2.65. The first kappa shape index (κ1) is 17.7. The second-order valence-electron chi connectivity index (χ2n) is 7.46. The first-order chi connectivity index (χ1) is 13.0. The third-order valence-corrected chi connectivity index (χ3v) is 5.60. The van der Waals surface area contributed by atoms with Gasteiger partial charge in [0.2, 0.25) is 0 Å². The van der Waals surface area contributed by atoms with E-state index in [0.717, 1.165) is 29.5 Å². The maximum atomic E-state index is 14.2. The molecule has 3 N–H and O–H groups in total. The summed E-state index contributed by atoms with van der Waals surface area (Å²) in [6.45, 7) is 1.94. The van der Waals surface area contributed by atoms with Gasteiger partial charge in [-0.1, -0.05) is 18.2 Å². The largest absolute Gasteiger partial charge is 0.490 e. The topological polar surface area (TPSA) is 68.1 Å². The number of hydrogen-bond donors (Lipinski definition) is 2. The predicted octanol–water partition coefficient (Wildman–Crippen LogP) is 4.15. The summed E-state index contributed by atoms with van der Waals surface area (Å²) in [6.07, 6.45) is 4.54. The molecule has 1 fully saturated rings. The fourth-order valence-corrected chi connectivity index (χ4v) is 3.99. The Labute approximate surface area is 157 Å². The van der Waals surface area contributed by atoms with Gasteiger partial charge in [-0.25, -0.2) is 4.39 Å². The van der Waals surface area contributed by atoms with Crippen LogP contribution >= 0.6 is 0 Å². The van der Waals surface area contributed by atoms with Crippen molar-refractivity contribution in [2.75, 3.05) is 0 Å². The molecule has 3 aromatic rings. The molecule has 5 heteroatoms. The Morgan fingerprint density at radius 2 is 1.93 bits per heavy atom. The Hall–Kier alpha value is -2.66. The van der Waals surface area contributed by atoms with Crippen molar-refractivity contribution in [3.05, 3.63) is 76.0 Å². The van der Waals surface area contributed by atoms with Crippen molar-refractivity contribution in [3.8, 4) is 5.75 Å². The molecule has 0 amide bonds. The van der Waals surface area contributed by atoms with Gasteiger partial charge in [0.25, 0.3) is 5.56 Å². The van der Waals surface area contributed by atoms with Crippen LogP contribution in [0.3, 0.4) is 0 Å². The van der Waals surface area contributed by atoms with E-state index in [1.165, 1.54) is 6.07 Å². The smallest absolute Gasteiger partial charge is 0.255 e.